The summed E-state index contributed by atoms with van der Waals surface area (Å²) >= 11 is 0. The molecule has 12 heteroatoms. The third-order valence-electron chi connectivity index (χ3n) is 5.67. The highest BCUT2D eigenvalue weighted by molar-refractivity contribution is 6.04. The van der Waals surface area contributed by atoms with Crippen LogP contribution in [0.2, 0.25) is 0 Å². The number of ether oxygens (including phenoxy) is 1. The van der Waals surface area contributed by atoms with Gasteiger partial charge in [-0.3, -0.25) is 9.78 Å². The van der Waals surface area contributed by atoms with Gasteiger partial charge in [-0.1, -0.05) is 6.07 Å². The average Bonchev–Trinajstić information content (AvgIpc) is 2.81. The summed E-state index contributed by atoms with van der Waals surface area (Å²) in [4.78, 5) is 20.5. The lowest BCUT2D eigenvalue weighted by Gasteiger charge is -2.27. The van der Waals surface area contributed by atoms with E-state index in [-0.39, 0.29) is 30.2 Å². The minimum Gasteiger partial charge on any atom is -0.488 e. The van der Waals surface area contributed by atoms with Crippen LogP contribution in [-0.4, -0.2) is 28.0 Å². The lowest BCUT2D eigenvalue weighted by molar-refractivity contribution is -0.137. The molecule has 0 radical (unpaired) electrons. The van der Waals surface area contributed by atoms with Crippen molar-refractivity contribution in [3.05, 3.63) is 71.7 Å². The zero-order chi connectivity index (χ0) is 25.2. The highest BCUT2D eigenvalue weighted by Gasteiger charge is 2.36. The normalized spacial score (nSPS) is 17.7. The van der Waals surface area contributed by atoms with Crippen LogP contribution >= 0.6 is 12.4 Å². The first kappa shape index (κ1) is 27.3. The van der Waals surface area contributed by atoms with Crippen LogP contribution in [-0.2, 0) is 6.18 Å². The van der Waals surface area contributed by atoms with Gasteiger partial charge in [-0.25, -0.2) is 13.8 Å². The Balaban J connectivity index is 0.00000361. The molecule has 1 fully saturated rings. The number of rotatable bonds is 5. The first-order chi connectivity index (χ1) is 16.6. The molecular formula is C24H22ClF5N4O2. The van der Waals surface area contributed by atoms with Gasteiger partial charge in [0, 0.05) is 18.3 Å². The van der Waals surface area contributed by atoms with Gasteiger partial charge in [-0.15, -0.1) is 12.4 Å². The van der Waals surface area contributed by atoms with Crippen molar-refractivity contribution in [1.82, 2.24) is 9.97 Å². The predicted molar refractivity (Wildman–Crippen MR) is 125 cm³/mol. The van der Waals surface area contributed by atoms with Crippen LogP contribution in [0, 0.1) is 11.6 Å². The van der Waals surface area contributed by atoms with Gasteiger partial charge in [-0.05, 0) is 49.9 Å². The van der Waals surface area contributed by atoms with E-state index in [2.05, 4.69) is 15.3 Å². The zero-order valence-corrected chi connectivity index (χ0v) is 19.5. The van der Waals surface area contributed by atoms with Gasteiger partial charge in [0.25, 0.3) is 5.91 Å². The largest absolute Gasteiger partial charge is 0.488 e. The monoisotopic (exact) mass is 528 g/mol. The van der Waals surface area contributed by atoms with Gasteiger partial charge < -0.3 is 15.8 Å². The Kier molecular flexibility index (Phi) is 8.47. The number of benzene rings is 1. The summed E-state index contributed by atoms with van der Waals surface area (Å²) in [6.45, 7) is 0. The topological polar surface area (TPSA) is 90.1 Å². The maximum atomic E-state index is 14.3. The van der Waals surface area contributed by atoms with E-state index < -0.39 is 46.2 Å². The molecule has 192 valence electrons. The van der Waals surface area contributed by atoms with Gasteiger partial charge in [-0.2, -0.15) is 13.2 Å². The number of anilines is 1. The quantitative estimate of drug-likeness (QED) is 0.411. The number of nitrogens with zero attached hydrogens (tertiary/aromatic N) is 2. The highest BCUT2D eigenvalue weighted by atomic mass is 35.5. The summed E-state index contributed by atoms with van der Waals surface area (Å²) in [6, 6.07) is 5.70. The molecule has 3 aromatic rings. The van der Waals surface area contributed by atoms with Crippen LogP contribution in [0.1, 0.15) is 41.7 Å². The van der Waals surface area contributed by atoms with Crippen molar-refractivity contribution in [2.45, 2.75) is 44.0 Å². The van der Waals surface area contributed by atoms with Crippen LogP contribution < -0.4 is 15.8 Å². The molecule has 0 atom stereocenters. The van der Waals surface area contributed by atoms with Crippen molar-refractivity contribution in [1.29, 1.82) is 0 Å². The van der Waals surface area contributed by atoms with E-state index in [9.17, 15) is 26.7 Å². The lowest BCUT2D eigenvalue weighted by Crippen LogP contribution is -2.31. The Morgan fingerprint density at radius 1 is 1.03 bits per heavy atom. The zero-order valence-electron chi connectivity index (χ0n) is 18.7. The molecule has 1 saturated carbocycles. The summed E-state index contributed by atoms with van der Waals surface area (Å²) in [5.74, 6) is -3.06. The van der Waals surface area contributed by atoms with Crippen LogP contribution in [0.3, 0.4) is 0 Å². The predicted octanol–water partition coefficient (Wildman–Crippen LogP) is 5.76. The van der Waals surface area contributed by atoms with Crippen molar-refractivity contribution in [3.8, 4) is 17.0 Å². The number of amides is 1. The van der Waals surface area contributed by atoms with Gasteiger partial charge in [0.2, 0.25) is 0 Å². The van der Waals surface area contributed by atoms with Crippen molar-refractivity contribution in [2.75, 3.05) is 5.32 Å². The highest BCUT2D eigenvalue weighted by Crippen LogP contribution is 2.38. The third-order valence-corrected chi connectivity index (χ3v) is 5.67. The average molecular weight is 529 g/mol. The van der Waals surface area contributed by atoms with Crippen LogP contribution in [0.4, 0.5) is 27.6 Å². The van der Waals surface area contributed by atoms with Crippen LogP contribution in [0.25, 0.3) is 11.3 Å². The molecule has 1 aliphatic carbocycles. The first-order valence-electron chi connectivity index (χ1n) is 10.8. The number of halogens is 6. The molecule has 6 nitrogen and oxygen atoms in total. The summed E-state index contributed by atoms with van der Waals surface area (Å²) in [5.41, 5.74) is 2.23. The standard InChI is InChI=1S/C24H21F5N4O2.ClH/c25-16-2-1-3-17(26)21(16)22-15(24(27,28)29)8-9-18(32-22)23(34)33-19-12-31-11-10-20(19)35-14-6-4-13(30)5-7-14;/h1-3,8-14H,4-7,30H2,(H,33,34);1H/t13-,14-;. The van der Waals surface area contributed by atoms with Crippen molar-refractivity contribution >= 4 is 24.0 Å². The number of hydrogen-bond donors (Lipinski definition) is 2. The van der Waals surface area contributed by atoms with Crippen molar-refractivity contribution < 1.29 is 31.5 Å². The summed E-state index contributed by atoms with van der Waals surface area (Å²) in [5, 5.41) is 2.51. The molecule has 1 aromatic carbocycles. The molecule has 2 heterocycles. The maximum Gasteiger partial charge on any atom is 0.418 e. The fourth-order valence-corrected chi connectivity index (χ4v) is 3.88. The molecule has 36 heavy (non-hydrogen) atoms. The van der Waals surface area contributed by atoms with Gasteiger partial charge in [0.15, 0.2) is 0 Å². The van der Waals surface area contributed by atoms with E-state index in [0.29, 0.717) is 11.8 Å². The number of nitrogens with two attached hydrogens (primary N) is 1. The second-order valence-corrected chi connectivity index (χ2v) is 8.17. The number of hydrogen-bond acceptors (Lipinski definition) is 5. The lowest BCUT2D eigenvalue weighted by atomic mass is 9.94. The van der Waals surface area contributed by atoms with E-state index >= 15 is 0 Å². The molecule has 0 aliphatic heterocycles. The van der Waals surface area contributed by atoms with Crippen LogP contribution in [0.15, 0.2) is 48.8 Å². The van der Waals surface area contributed by atoms with E-state index in [1.807, 2.05) is 0 Å². The Bertz CT molecular complexity index is 1210. The Morgan fingerprint density at radius 2 is 1.69 bits per heavy atom. The second-order valence-electron chi connectivity index (χ2n) is 8.17. The second kappa shape index (κ2) is 11.2. The fourth-order valence-electron chi connectivity index (χ4n) is 3.88. The molecule has 0 bridgehead atoms. The van der Waals surface area contributed by atoms with E-state index in [0.717, 1.165) is 49.9 Å². The number of nitrogens with one attached hydrogen (secondary N) is 1. The first-order valence-corrected chi connectivity index (χ1v) is 10.8. The molecule has 0 spiro atoms. The van der Waals surface area contributed by atoms with Gasteiger partial charge in [0.05, 0.1) is 29.1 Å². The summed E-state index contributed by atoms with van der Waals surface area (Å²) < 4.78 is 75.3. The maximum absolute atomic E-state index is 14.3. The van der Waals surface area contributed by atoms with Gasteiger partial charge >= 0.3 is 6.18 Å². The number of carbonyl (C=O) groups excluding carboxylic acids is 1. The van der Waals surface area contributed by atoms with Crippen molar-refractivity contribution in [2.24, 2.45) is 5.73 Å². The number of aromatic nitrogens is 2. The van der Waals surface area contributed by atoms with E-state index in [1.54, 1.807) is 6.07 Å². The number of carbonyl (C=O) groups is 1. The molecule has 0 saturated heterocycles. The van der Waals surface area contributed by atoms with Crippen LogP contribution in [0.5, 0.6) is 5.75 Å². The minimum atomic E-state index is -4.96. The molecular weight excluding hydrogens is 507 g/mol. The minimum absolute atomic E-state index is 0. The number of alkyl halides is 3. The van der Waals surface area contributed by atoms with E-state index in [4.69, 9.17) is 10.5 Å². The molecule has 0 unspecified atom stereocenters. The Labute approximate surface area is 209 Å². The molecule has 4 rings (SSSR count). The van der Waals surface area contributed by atoms with E-state index in [1.165, 1.54) is 12.4 Å². The Morgan fingerprint density at radius 3 is 2.33 bits per heavy atom. The Hall–Kier alpha value is -3.31. The molecule has 2 aromatic heterocycles. The smallest absolute Gasteiger partial charge is 0.418 e. The SMILES string of the molecule is Cl.N[C@H]1CC[C@H](Oc2ccncc2NC(=O)c2ccc(C(F)(F)F)c(-c3c(F)cccc3F)n2)CC1. The molecule has 1 amide bonds. The third kappa shape index (κ3) is 6.08. The fraction of sp³-hybridized carbons (Fsp3) is 0.292. The number of pyridine rings is 2. The summed E-state index contributed by atoms with van der Waals surface area (Å²) in [7, 11) is 0. The van der Waals surface area contributed by atoms with Gasteiger partial charge in [0.1, 0.15) is 28.8 Å². The molecule has 1 aliphatic rings. The summed E-state index contributed by atoms with van der Waals surface area (Å²) in [6.07, 6.45) is 0.763. The van der Waals surface area contributed by atoms with Crippen molar-refractivity contribution in [3.63, 3.8) is 0 Å². The molecule has 3 N–H and O–H groups in total.